The molecule has 0 aliphatic carbocycles. The molecule has 0 amide bonds. The van der Waals surface area contributed by atoms with Crippen molar-refractivity contribution in [3.63, 3.8) is 0 Å². The fourth-order valence-electron chi connectivity index (χ4n) is 1.91. The molecule has 2 heterocycles. The van der Waals surface area contributed by atoms with E-state index in [-0.39, 0.29) is 5.41 Å². The molecule has 0 aromatic carbocycles. The predicted octanol–water partition coefficient (Wildman–Crippen LogP) is 2.03. The van der Waals surface area contributed by atoms with E-state index in [0.29, 0.717) is 0 Å². The number of aromatic nitrogens is 2. The Labute approximate surface area is 91.5 Å². The Hall–Kier alpha value is -0.960. The standard InChI is InChI=1S/C12H19N3/c1-8-9-6-15(5)7-10(9)14-11(13-8)12(2,3)4/h6-7H2,1-5H3. The Balaban J connectivity index is 2.49. The van der Waals surface area contributed by atoms with Crippen molar-refractivity contribution in [3.05, 3.63) is 22.8 Å². The number of rotatable bonds is 0. The van der Waals surface area contributed by atoms with Crippen molar-refractivity contribution >= 4 is 0 Å². The molecular formula is C12H19N3. The molecule has 1 aromatic rings. The van der Waals surface area contributed by atoms with Crippen molar-refractivity contribution in [1.29, 1.82) is 0 Å². The van der Waals surface area contributed by atoms with Gasteiger partial charge in [-0.3, -0.25) is 4.90 Å². The molecular weight excluding hydrogens is 186 g/mol. The molecule has 0 bridgehead atoms. The Bertz CT molecular complexity index is 391. The van der Waals surface area contributed by atoms with Gasteiger partial charge in [0.15, 0.2) is 0 Å². The number of hydrogen-bond acceptors (Lipinski definition) is 3. The maximum absolute atomic E-state index is 4.68. The molecule has 3 heteroatoms. The molecule has 0 atom stereocenters. The molecule has 1 aliphatic heterocycles. The van der Waals surface area contributed by atoms with Crippen LogP contribution in [0.2, 0.25) is 0 Å². The van der Waals surface area contributed by atoms with Crippen LogP contribution in [0.4, 0.5) is 0 Å². The summed E-state index contributed by atoms with van der Waals surface area (Å²) in [5.74, 6) is 0.967. The van der Waals surface area contributed by atoms with Gasteiger partial charge in [-0.25, -0.2) is 9.97 Å². The van der Waals surface area contributed by atoms with Gasteiger partial charge in [0.2, 0.25) is 0 Å². The second kappa shape index (κ2) is 3.27. The highest BCUT2D eigenvalue weighted by molar-refractivity contribution is 5.29. The molecule has 0 N–H and O–H groups in total. The summed E-state index contributed by atoms with van der Waals surface area (Å²) < 4.78 is 0. The van der Waals surface area contributed by atoms with Crippen molar-refractivity contribution in [2.45, 2.75) is 46.2 Å². The first-order valence-electron chi connectivity index (χ1n) is 5.43. The van der Waals surface area contributed by atoms with Crippen LogP contribution < -0.4 is 0 Å². The van der Waals surface area contributed by atoms with E-state index in [9.17, 15) is 0 Å². The third-order valence-corrected chi connectivity index (χ3v) is 2.82. The predicted molar refractivity (Wildman–Crippen MR) is 60.6 cm³/mol. The van der Waals surface area contributed by atoms with Crippen LogP contribution in [0.1, 0.15) is 43.5 Å². The van der Waals surface area contributed by atoms with Gasteiger partial charge in [0, 0.05) is 29.8 Å². The SMILES string of the molecule is Cc1nc(C(C)(C)C)nc2c1CN(C)C2. The molecule has 3 nitrogen and oxygen atoms in total. The van der Waals surface area contributed by atoms with Crippen LogP contribution in [0.5, 0.6) is 0 Å². The van der Waals surface area contributed by atoms with Crippen molar-refractivity contribution in [3.8, 4) is 0 Å². The van der Waals surface area contributed by atoms with Gasteiger partial charge < -0.3 is 0 Å². The Kier molecular flexibility index (Phi) is 2.30. The number of fused-ring (bicyclic) bond motifs is 1. The summed E-state index contributed by atoms with van der Waals surface area (Å²) in [6.07, 6.45) is 0. The molecule has 0 saturated carbocycles. The van der Waals surface area contributed by atoms with E-state index in [2.05, 4.69) is 49.6 Å². The van der Waals surface area contributed by atoms with Crippen LogP contribution in [-0.2, 0) is 18.5 Å². The van der Waals surface area contributed by atoms with Gasteiger partial charge in [-0.15, -0.1) is 0 Å². The minimum Gasteiger partial charge on any atom is -0.296 e. The lowest BCUT2D eigenvalue weighted by Crippen LogP contribution is -2.18. The van der Waals surface area contributed by atoms with E-state index in [1.54, 1.807) is 0 Å². The topological polar surface area (TPSA) is 29.0 Å². The zero-order valence-electron chi connectivity index (χ0n) is 10.3. The summed E-state index contributed by atoms with van der Waals surface area (Å²) in [7, 11) is 2.12. The Morgan fingerprint density at radius 1 is 1.13 bits per heavy atom. The van der Waals surface area contributed by atoms with Gasteiger partial charge in [0.05, 0.1) is 5.69 Å². The largest absolute Gasteiger partial charge is 0.296 e. The smallest absolute Gasteiger partial charge is 0.134 e. The van der Waals surface area contributed by atoms with E-state index >= 15 is 0 Å². The lowest BCUT2D eigenvalue weighted by Gasteiger charge is -2.18. The molecule has 0 fully saturated rings. The van der Waals surface area contributed by atoms with Crippen LogP contribution in [-0.4, -0.2) is 21.9 Å². The maximum Gasteiger partial charge on any atom is 0.134 e. The van der Waals surface area contributed by atoms with Crippen LogP contribution in [0, 0.1) is 6.92 Å². The zero-order valence-corrected chi connectivity index (χ0v) is 10.3. The van der Waals surface area contributed by atoms with Crippen molar-refractivity contribution in [2.75, 3.05) is 7.05 Å². The number of hydrogen-bond donors (Lipinski definition) is 0. The van der Waals surface area contributed by atoms with Gasteiger partial charge in [-0.2, -0.15) is 0 Å². The molecule has 1 aromatic heterocycles. The monoisotopic (exact) mass is 205 g/mol. The quantitative estimate of drug-likeness (QED) is 0.649. The third kappa shape index (κ3) is 1.88. The first-order chi connectivity index (χ1) is 6.88. The highest BCUT2D eigenvalue weighted by Gasteiger charge is 2.25. The average Bonchev–Trinajstić information content (AvgIpc) is 2.44. The molecule has 15 heavy (non-hydrogen) atoms. The highest BCUT2D eigenvalue weighted by atomic mass is 15.1. The highest BCUT2D eigenvalue weighted by Crippen LogP contribution is 2.26. The van der Waals surface area contributed by atoms with Gasteiger partial charge >= 0.3 is 0 Å². The summed E-state index contributed by atoms with van der Waals surface area (Å²) in [4.78, 5) is 11.6. The van der Waals surface area contributed by atoms with Crippen molar-refractivity contribution in [1.82, 2.24) is 14.9 Å². The van der Waals surface area contributed by atoms with Crippen LogP contribution >= 0.6 is 0 Å². The van der Waals surface area contributed by atoms with Gasteiger partial charge in [0.1, 0.15) is 5.82 Å². The Morgan fingerprint density at radius 2 is 1.80 bits per heavy atom. The first-order valence-corrected chi connectivity index (χ1v) is 5.43. The molecule has 0 saturated heterocycles. The number of aryl methyl sites for hydroxylation is 1. The van der Waals surface area contributed by atoms with Crippen molar-refractivity contribution in [2.24, 2.45) is 0 Å². The van der Waals surface area contributed by atoms with E-state index in [0.717, 1.165) is 24.6 Å². The van der Waals surface area contributed by atoms with E-state index in [4.69, 9.17) is 0 Å². The lowest BCUT2D eigenvalue weighted by molar-refractivity contribution is 0.350. The summed E-state index contributed by atoms with van der Waals surface area (Å²) >= 11 is 0. The molecule has 0 unspecified atom stereocenters. The fraction of sp³-hybridized carbons (Fsp3) is 0.667. The fourth-order valence-corrected chi connectivity index (χ4v) is 1.91. The normalized spacial score (nSPS) is 16.9. The van der Waals surface area contributed by atoms with Gasteiger partial charge in [-0.1, -0.05) is 20.8 Å². The molecule has 1 aliphatic rings. The second-order valence-electron chi connectivity index (χ2n) is 5.48. The summed E-state index contributed by atoms with van der Waals surface area (Å²) in [5.41, 5.74) is 3.73. The number of nitrogens with zero attached hydrogens (tertiary/aromatic N) is 3. The summed E-state index contributed by atoms with van der Waals surface area (Å²) in [5, 5.41) is 0. The third-order valence-electron chi connectivity index (χ3n) is 2.82. The van der Waals surface area contributed by atoms with Gasteiger partial charge in [0.25, 0.3) is 0 Å². The second-order valence-corrected chi connectivity index (χ2v) is 5.48. The zero-order chi connectivity index (χ0) is 11.2. The van der Waals surface area contributed by atoms with Gasteiger partial charge in [-0.05, 0) is 14.0 Å². The van der Waals surface area contributed by atoms with E-state index in [1.807, 2.05) is 0 Å². The molecule has 2 rings (SSSR count). The van der Waals surface area contributed by atoms with Crippen LogP contribution in [0.3, 0.4) is 0 Å². The Morgan fingerprint density at radius 3 is 2.40 bits per heavy atom. The molecule has 0 spiro atoms. The maximum atomic E-state index is 4.68. The lowest BCUT2D eigenvalue weighted by atomic mass is 9.95. The van der Waals surface area contributed by atoms with Crippen LogP contribution in [0.15, 0.2) is 0 Å². The van der Waals surface area contributed by atoms with E-state index < -0.39 is 0 Å². The molecule has 0 radical (unpaired) electrons. The van der Waals surface area contributed by atoms with Crippen LogP contribution in [0.25, 0.3) is 0 Å². The van der Waals surface area contributed by atoms with Crippen molar-refractivity contribution < 1.29 is 0 Å². The van der Waals surface area contributed by atoms with E-state index in [1.165, 1.54) is 11.3 Å². The minimum absolute atomic E-state index is 0.0426. The molecule has 82 valence electrons. The summed E-state index contributed by atoms with van der Waals surface area (Å²) in [6.45, 7) is 10.5. The minimum atomic E-state index is 0.0426. The summed E-state index contributed by atoms with van der Waals surface area (Å²) in [6, 6.07) is 0. The average molecular weight is 205 g/mol. The first kappa shape index (κ1) is 10.6.